The van der Waals surface area contributed by atoms with E-state index in [0.717, 1.165) is 12.2 Å². The van der Waals surface area contributed by atoms with E-state index in [0.29, 0.717) is 6.54 Å². The molecule has 17 heavy (non-hydrogen) atoms. The molecule has 2 rings (SSSR count). The molecular weight excluding hydrogens is 230 g/mol. The minimum Gasteiger partial charge on any atom is -0.326 e. The predicted octanol–water partition coefficient (Wildman–Crippen LogP) is 2.69. The molecule has 0 unspecified atom stereocenters. The summed E-state index contributed by atoms with van der Waals surface area (Å²) >= 11 is 1.78. The van der Waals surface area contributed by atoms with Crippen molar-refractivity contribution in [1.29, 1.82) is 0 Å². The number of nitrogens with two attached hydrogens (primary N) is 1. The van der Waals surface area contributed by atoms with Gasteiger partial charge in [-0.25, -0.2) is 0 Å². The van der Waals surface area contributed by atoms with Gasteiger partial charge >= 0.3 is 0 Å². The number of aryl methyl sites for hydroxylation is 2. The van der Waals surface area contributed by atoms with Gasteiger partial charge in [-0.1, -0.05) is 0 Å². The molecule has 2 aromatic heterocycles. The molecule has 3 nitrogen and oxygen atoms in total. The lowest BCUT2D eigenvalue weighted by molar-refractivity contribution is 0.657. The van der Waals surface area contributed by atoms with Crippen molar-refractivity contribution in [1.82, 2.24) is 9.78 Å². The van der Waals surface area contributed by atoms with Gasteiger partial charge in [0.2, 0.25) is 0 Å². The molecule has 0 radical (unpaired) electrons. The summed E-state index contributed by atoms with van der Waals surface area (Å²) in [6.45, 7) is 9.94. The Morgan fingerprint density at radius 1 is 1.29 bits per heavy atom. The molecule has 0 saturated heterocycles. The molecule has 0 aliphatic heterocycles. The van der Waals surface area contributed by atoms with Gasteiger partial charge in [0.1, 0.15) is 0 Å². The lowest BCUT2D eigenvalue weighted by Gasteiger charge is -2.04. The van der Waals surface area contributed by atoms with Gasteiger partial charge in [-0.05, 0) is 44.9 Å². The number of thiophene rings is 1. The lowest BCUT2D eigenvalue weighted by Crippen LogP contribution is -2.04. The summed E-state index contributed by atoms with van der Waals surface area (Å²) < 4.78 is 2.08. The third-order valence-corrected chi connectivity index (χ3v) is 4.45. The Morgan fingerprint density at radius 3 is 2.47 bits per heavy atom. The van der Waals surface area contributed by atoms with Crippen molar-refractivity contribution >= 4 is 11.3 Å². The van der Waals surface area contributed by atoms with Crippen LogP contribution in [-0.4, -0.2) is 9.78 Å². The van der Waals surface area contributed by atoms with E-state index in [1.165, 1.54) is 26.6 Å². The van der Waals surface area contributed by atoms with E-state index < -0.39 is 0 Å². The third-order valence-electron chi connectivity index (χ3n) is 3.34. The smallest absolute Gasteiger partial charge is 0.0673 e. The van der Waals surface area contributed by atoms with E-state index in [-0.39, 0.29) is 0 Å². The highest BCUT2D eigenvalue weighted by Crippen LogP contribution is 2.23. The fourth-order valence-electron chi connectivity index (χ4n) is 1.95. The van der Waals surface area contributed by atoms with Gasteiger partial charge in [0.05, 0.1) is 12.2 Å². The summed E-state index contributed by atoms with van der Waals surface area (Å²) in [4.78, 5) is 2.59. The van der Waals surface area contributed by atoms with E-state index in [2.05, 4.69) is 43.5 Å². The standard InChI is InChI=1S/C13H19N3S/c1-8-9(2)15-16(10(8)3)7-12-5-13(6-14)17-11(12)4/h5H,6-7,14H2,1-4H3. The molecule has 0 saturated carbocycles. The summed E-state index contributed by atoms with van der Waals surface area (Å²) in [5, 5.41) is 4.57. The maximum atomic E-state index is 5.67. The predicted molar refractivity (Wildman–Crippen MR) is 72.5 cm³/mol. The Hall–Kier alpha value is -1.13. The van der Waals surface area contributed by atoms with Gasteiger partial charge in [-0.2, -0.15) is 5.10 Å². The van der Waals surface area contributed by atoms with Crippen LogP contribution < -0.4 is 5.73 Å². The average Bonchev–Trinajstić information content (AvgIpc) is 2.77. The Balaban J connectivity index is 2.31. The van der Waals surface area contributed by atoms with Crippen molar-refractivity contribution in [2.24, 2.45) is 5.73 Å². The van der Waals surface area contributed by atoms with Crippen LogP contribution in [-0.2, 0) is 13.1 Å². The molecule has 0 amide bonds. The molecule has 0 aliphatic carbocycles. The summed E-state index contributed by atoms with van der Waals surface area (Å²) in [5.74, 6) is 0. The first-order valence-corrected chi connectivity index (χ1v) is 6.63. The zero-order chi connectivity index (χ0) is 12.6. The Bertz CT molecular complexity index is 537. The van der Waals surface area contributed by atoms with E-state index in [1.807, 2.05) is 0 Å². The van der Waals surface area contributed by atoms with Crippen LogP contribution in [0.4, 0.5) is 0 Å². The quantitative estimate of drug-likeness (QED) is 0.909. The van der Waals surface area contributed by atoms with Gasteiger partial charge in [-0.15, -0.1) is 11.3 Å². The van der Waals surface area contributed by atoms with E-state index in [9.17, 15) is 0 Å². The monoisotopic (exact) mass is 249 g/mol. The number of aromatic nitrogens is 2. The van der Waals surface area contributed by atoms with Crippen molar-refractivity contribution in [3.63, 3.8) is 0 Å². The van der Waals surface area contributed by atoms with Gasteiger partial charge < -0.3 is 5.73 Å². The molecule has 0 aromatic carbocycles. The van der Waals surface area contributed by atoms with E-state index >= 15 is 0 Å². The Kier molecular flexibility index (Phi) is 3.35. The number of hydrogen-bond acceptors (Lipinski definition) is 3. The summed E-state index contributed by atoms with van der Waals surface area (Å²) in [7, 11) is 0. The van der Waals surface area contributed by atoms with Crippen LogP contribution in [0, 0.1) is 27.7 Å². The highest BCUT2D eigenvalue weighted by atomic mass is 32.1. The van der Waals surface area contributed by atoms with Gasteiger partial charge in [0.15, 0.2) is 0 Å². The molecule has 0 fully saturated rings. The molecule has 0 aliphatic rings. The van der Waals surface area contributed by atoms with Crippen molar-refractivity contribution in [2.75, 3.05) is 0 Å². The molecule has 2 heterocycles. The Labute approximate surface area is 106 Å². The third kappa shape index (κ3) is 2.28. The minimum atomic E-state index is 0.627. The molecule has 2 N–H and O–H groups in total. The molecule has 0 spiro atoms. The van der Waals surface area contributed by atoms with Crippen molar-refractivity contribution in [3.05, 3.63) is 38.3 Å². The Morgan fingerprint density at radius 2 is 2.00 bits per heavy atom. The van der Waals surface area contributed by atoms with Gasteiger partial charge in [-0.3, -0.25) is 4.68 Å². The fourth-order valence-corrected chi connectivity index (χ4v) is 2.88. The van der Waals surface area contributed by atoms with Crippen LogP contribution in [0.5, 0.6) is 0 Å². The maximum absolute atomic E-state index is 5.67. The molecule has 4 heteroatoms. The second-order valence-corrected chi connectivity index (χ2v) is 5.79. The zero-order valence-corrected chi connectivity index (χ0v) is 11.7. The van der Waals surface area contributed by atoms with Crippen molar-refractivity contribution in [2.45, 2.75) is 40.8 Å². The van der Waals surface area contributed by atoms with E-state index in [4.69, 9.17) is 5.73 Å². The summed E-state index contributed by atoms with van der Waals surface area (Å²) in [6.07, 6.45) is 0. The maximum Gasteiger partial charge on any atom is 0.0673 e. The lowest BCUT2D eigenvalue weighted by atomic mass is 10.2. The number of rotatable bonds is 3. The first-order chi connectivity index (χ1) is 8.02. The van der Waals surface area contributed by atoms with Crippen molar-refractivity contribution < 1.29 is 0 Å². The topological polar surface area (TPSA) is 43.8 Å². The molecular formula is C13H19N3S. The van der Waals surface area contributed by atoms with Crippen molar-refractivity contribution in [3.8, 4) is 0 Å². The normalized spacial score (nSPS) is 11.1. The molecule has 92 valence electrons. The van der Waals surface area contributed by atoms with Crippen LogP contribution in [0.1, 0.15) is 32.3 Å². The number of nitrogens with zero attached hydrogens (tertiary/aromatic N) is 2. The summed E-state index contributed by atoms with van der Waals surface area (Å²) in [5.41, 5.74) is 10.7. The highest BCUT2D eigenvalue weighted by molar-refractivity contribution is 7.12. The molecule has 0 atom stereocenters. The zero-order valence-electron chi connectivity index (χ0n) is 10.9. The summed E-state index contributed by atoms with van der Waals surface area (Å²) in [6, 6.07) is 2.20. The second-order valence-electron chi connectivity index (χ2n) is 4.45. The fraction of sp³-hybridized carbons (Fsp3) is 0.462. The minimum absolute atomic E-state index is 0.627. The van der Waals surface area contributed by atoms with Crippen LogP contribution >= 0.6 is 11.3 Å². The first kappa shape index (κ1) is 12.3. The molecule has 0 bridgehead atoms. The second kappa shape index (κ2) is 4.63. The van der Waals surface area contributed by atoms with E-state index in [1.54, 1.807) is 11.3 Å². The number of hydrogen-bond donors (Lipinski definition) is 1. The highest BCUT2D eigenvalue weighted by Gasteiger charge is 2.10. The van der Waals surface area contributed by atoms with Crippen LogP contribution in [0.3, 0.4) is 0 Å². The van der Waals surface area contributed by atoms with Crippen LogP contribution in [0.2, 0.25) is 0 Å². The first-order valence-electron chi connectivity index (χ1n) is 5.81. The van der Waals surface area contributed by atoms with Gasteiger partial charge in [0.25, 0.3) is 0 Å². The molecule has 2 aromatic rings. The average molecular weight is 249 g/mol. The largest absolute Gasteiger partial charge is 0.326 e. The van der Waals surface area contributed by atoms with Gasteiger partial charge in [0, 0.05) is 22.0 Å². The van der Waals surface area contributed by atoms with Crippen LogP contribution in [0.25, 0.3) is 0 Å². The van der Waals surface area contributed by atoms with Crippen LogP contribution in [0.15, 0.2) is 6.07 Å². The SMILES string of the molecule is Cc1nn(Cc2cc(CN)sc2C)c(C)c1C.